The maximum Gasteiger partial charge on any atom is 0.275 e. The maximum absolute atomic E-state index is 12.2. The number of methoxy groups -OCH3 is 1. The molecule has 26 heavy (non-hydrogen) atoms. The quantitative estimate of drug-likeness (QED) is 0.687. The third-order valence-corrected chi connectivity index (χ3v) is 3.85. The molecule has 0 atom stereocenters. The fourth-order valence-electron chi connectivity index (χ4n) is 2.23. The van der Waals surface area contributed by atoms with Crippen LogP contribution in [0.15, 0.2) is 60.9 Å². The minimum absolute atomic E-state index is 0.227. The van der Waals surface area contributed by atoms with Crippen LogP contribution in [0.4, 0.5) is 11.5 Å². The maximum atomic E-state index is 12.2. The minimum Gasteiger partial charge on any atom is -0.497 e. The van der Waals surface area contributed by atoms with Crippen molar-refractivity contribution in [3.05, 3.63) is 77.2 Å². The van der Waals surface area contributed by atoms with E-state index in [9.17, 15) is 4.79 Å². The summed E-state index contributed by atoms with van der Waals surface area (Å²) in [6, 6.07) is 14.6. The Balaban J connectivity index is 1.59. The van der Waals surface area contributed by atoms with Crippen LogP contribution in [0.3, 0.4) is 0 Å². The molecule has 0 aliphatic heterocycles. The van der Waals surface area contributed by atoms with E-state index in [1.165, 1.54) is 12.4 Å². The van der Waals surface area contributed by atoms with E-state index in [4.69, 9.17) is 16.3 Å². The number of ether oxygens (including phenoxy) is 1. The zero-order chi connectivity index (χ0) is 18.4. The average molecular weight is 369 g/mol. The van der Waals surface area contributed by atoms with Gasteiger partial charge in [0.15, 0.2) is 0 Å². The van der Waals surface area contributed by atoms with E-state index >= 15 is 0 Å². The molecule has 1 heterocycles. The van der Waals surface area contributed by atoms with Crippen LogP contribution in [0, 0.1) is 0 Å². The predicted molar refractivity (Wildman–Crippen MR) is 102 cm³/mol. The van der Waals surface area contributed by atoms with E-state index in [1.807, 2.05) is 24.3 Å². The fourth-order valence-corrected chi connectivity index (χ4v) is 2.35. The molecule has 132 valence electrons. The lowest BCUT2D eigenvalue weighted by molar-refractivity contribution is 0.102. The first-order valence-electron chi connectivity index (χ1n) is 7.90. The van der Waals surface area contributed by atoms with Gasteiger partial charge in [-0.2, -0.15) is 0 Å². The van der Waals surface area contributed by atoms with Crippen molar-refractivity contribution in [2.45, 2.75) is 6.54 Å². The lowest BCUT2D eigenvalue weighted by Crippen LogP contribution is -2.14. The summed E-state index contributed by atoms with van der Waals surface area (Å²) >= 11 is 5.86. The SMILES string of the molecule is COc1cccc(NC(=O)c2cnc(NCc3ccc(Cl)cc3)cn2)c1. The lowest BCUT2D eigenvalue weighted by Gasteiger charge is -2.08. The molecule has 3 aromatic rings. The van der Waals surface area contributed by atoms with Gasteiger partial charge in [-0.05, 0) is 29.8 Å². The van der Waals surface area contributed by atoms with Gasteiger partial charge in [0.2, 0.25) is 0 Å². The second-order valence-electron chi connectivity index (χ2n) is 5.45. The van der Waals surface area contributed by atoms with Crippen molar-refractivity contribution in [1.82, 2.24) is 9.97 Å². The number of nitrogens with zero attached hydrogens (tertiary/aromatic N) is 2. The first kappa shape index (κ1) is 17.7. The number of nitrogens with one attached hydrogen (secondary N) is 2. The van der Waals surface area contributed by atoms with Gasteiger partial charge in [0, 0.05) is 23.3 Å². The molecule has 1 amide bonds. The molecule has 0 fully saturated rings. The van der Waals surface area contributed by atoms with Crippen LogP contribution >= 0.6 is 11.6 Å². The molecule has 7 heteroatoms. The van der Waals surface area contributed by atoms with Crippen LogP contribution in [-0.4, -0.2) is 23.0 Å². The molecule has 0 unspecified atom stereocenters. The number of hydrogen-bond donors (Lipinski definition) is 2. The number of halogens is 1. The van der Waals surface area contributed by atoms with Gasteiger partial charge in [-0.1, -0.05) is 29.8 Å². The molecule has 0 aliphatic carbocycles. The van der Waals surface area contributed by atoms with Crippen LogP contribution in [-0.2, 0) is 6.54 Å². The molecule has 1 aromatic heterocycles. The number of carbonyl (C=O) groups excluding carboxylic acids is 1. The van der Waals surface area contributed by atoms with E-state index in [2.05, 4.69) is 20.6 Å². The average Bonchev–Trinajstić information content (AvgIpc) is 2.68. The summed E-state index contributed by atoms with van der Waals surface area (Å²) in [5.41, 5.74) is 1.92. The Labute approximate surface area is 156 Å². The van der Waals surface area contributed by atoms with Crippen molar-refractivity contribution in [3.63, 3.8) is 0 Å². The Morgan fingerprint density at radius 2 is 1.92 bits per heavy atom. The van der Waals surface area contributed by atoms with Crippen LogP contribution in [0.2, 0.25) is 5.02 Å². The summed E-state index contributed by atoms with van der Waals surface area (Å²) in [6.45, 7) is 0.585. The standard InChI is InChI=1S/C19H17ClN4O2/c1-26-16-4-2-3-15(9-16)24-19(25)17-11-23-18(12-21-17)22-10-13-5-7-14(20)8-6-13/h2-9,11-12H,10H2,1H3,(H,22,23)(H,24,25). The van der Waals surface area contributed by atoms with E-state index in [-0.39, 0.29) is 11.6 Å². The zero-order valence-electron chi connectivity index (χ0n) is 14.1. The Morgan fingerprint density at radius 1 is 1.12 bits per heavy atom. The number of carbonyl (C=O) groups is 1. The largest absolute Gasteiger partial charge is 0.497 e. The molecule has 0 saturated heterocycles. The van der Waals surface area contributed by atoms with Crippen molar-refractivity contribution in [1.29, 1.82) is 0 Å². The number of hydrogen-bond acceptors (Lipinski definition) is 5. The smallest absolute Gasteiger partial charge is 0.275 e. The zero-order valence-corrected chi connectivity index (χ0v) is 14.8. The second-order valence-corrected chi connectivity index (χ2v) is 5.89. The van der Waals surface area contributed by atoms with Gasteiger partial charge >= 0.3 is 0 Å². The lowest BCUT2D eigenvalue weighted by atomic mass is 10.2. The minimum atomic E-state index is -0.338. The molecule has 2 N–H and O–H groups in total. The summed E-state index contributed by atoms with van der Waals surface area (Å²) in [4.78, 5) is 20.6. The molecule has 2 aromatic carbocycles. The number of anilines is 2. The van der Waals surface area contributed by atoms with E-state index < -0.39 is 0 Å². The third-order valence-electron chi connectivity index (χ3n) is 3.60. The normalized spacial score (nSPS) is 10.2. The van der Waals surface area contributed by atoms with Crippen LogP contribution in [0.1, 0.15) is 16.1 Å². The molecular weight excluding hydrogens is 352 g/mol. The summed E-state index contributed by atoms with van der Waals surface area (Å²) < 4.78 is 5.13. The highest BCUT2D eigenvalue weighted by Crippen LogP contribution is 2.17. The van der Waals surface area contributed by atoms with Crippen molar-refractivity contribution in [2.24, 2.45) is 0 Å². The second kappa shape index (κ2) is 8.31. The van der Waals surface area contributed by atoms with Gasteiger partial charge in [0.25, 0.3) is 5.91 Å². The van der Waals surface area contributed by atoms with Crippen LogP contribution in [0.25, 0.3) is 0 Å². The molecule has 6 nitrogen and oxygen atoms in total. The first-order chi connectivity index (χ1) is 12.6. The van der Waals surface area contributed by atoms with Gasteiger partial charge < -0.3 is 15.4 Å². The molecule has 0 bridgehead atoms. The number of rotatable bonds is 6. The fraction of sp³-hybridized carbons (Fsp3) is 0.105. The molecule has 0 aliphatic rings. The Kier molecular flexibility index (Phi) is 5.66. The van der Waals surface area contributed by atoms with Crippen molar-refractivity contribution >= 4 is 29.0 Å². The predicted octanol–water partition coefficient (Wildman–Crippen LogP) is 4.00. The van der Waals surface area contributed by atoms with Crippen molar-refractivity contribution < 1.29 is 9.53 Å². The van der Waals surface area contributed by atoms with E-state index in [0.717, 1.165) is 5.56 Å². The first-order valence-corrected chi connectivity index (χ1v) is 8.27. The number of aromatic nitrogens is 2. The Morgan fingerprint density at radius 3 is 2.62 bits per heavy atom. The van der Waals surface area contributed by atoms with Crippen molar-refractivity contribution in [3.8, 4) is 5.75 Å². The van der Waals surface area contributed by atoms with Crippen LogP contribution in [0.5, 0.6) is 5.75 Å². The van der Waals surface area contributed by atoms with Gasteiger partial charge in [-0.3, -0.25) is 4.79 Å². The van der Waals surface area contributed by atoms with Gasteiger partial charge in [0.1, 0.15) is 17.3 Å². The molecule has 3 rings (SSSR count). The summed E-state index contributed by atoms with van der Waals surface area (Å²) in [5, 5.41) is 6.60. The summed E-state index contributed by atoms with van der Waals surface area (Å²) in [7, 11) is 1.57. The number of benzene rings is 2. The molecular formula is C19H17ClN4O2. The molecule has 0 spiro atoms. The Hall–Kier alpha value is -3.12. The van der Waals surface area contributed by atoms with Gasteiger partial charge in [0.05, 0.1) is 19.5 Å². The topological polar surface area (TPSA) is 76.1 Å². The number of amides is 1. The van der Waals surface area contributed by atoms with Crippen LogP contribution < -0.4 is 15.4 Å². The highest BCUT2D eigenvalue weighted by Gasteiger charge is 2.09. The molecule has 0 saturated carbocycles. The van der Waals surface area contributed by atoms with E-state index in [1.54, 1.807) is 31.4 Å². The van der Waals surface area contributed by atoms with Gasteiger partial charge in [-0.25, -0.2) is 9.97 Å². The summed E-state index contributed by atoms with van der Waals surface area (Å²) in [5.74, 6) is 0.906. The summed E-state index contributed by atoms with van der Waals surface area (Å²) in [6.07, 6.45) is 2.95. The van der Waals surface area contributed by atoms with Crippen molar-refractivity contribution in [2.75, 3.05) is 17.7 Å². The van der Waals surface area contributed by atoms with Gasteiger partial charge in [-0.15, -0.1) is 0 Å². The molecule has 0 radical (unpaired) electrons. The highest BCUT2D eigenvalue weighted by atomic mass is 35.5. The Bertz CT molecular complexity index is 883. The monoisotopic (exact) mass is 368 g/mol. The van der Waals surface area contributed by atoms with E-state index in [0.29, 0.717) is 28.8 Å². The third kappa shape index (κ3) is 4.70. The highest BCUT2D eigenvalue weighted by molar-refractivity contribution is 6.30.